The number of aliphatic carboxylic acids is 1. The van der Waals surface area contributed by atoms with E-state index in [1.807, 2.05) is 13.8 Å². The lowest BCUT2D eigenvalue weighted by atomic mass is 9.95. The minimum absolute atomic E-state index is 0.129. The first-order chi connectivity index (χ1) is 8.52. The molecular formula is C13H26N2O4. The zero-order chi connectivity index (χ0) is 15.4. The molecule has 1 amide bonds. The number of nitrogens with two attached hydrogens (primary N) is 1. The van der Waals surface area contributed by atoms with E-state index in [0.29, 0.717) is 6.42 Å². The molecule has 0 saturated carbocycles. The second kappa shape index (κ2) is 6.86. The van der Waals surface area contributed by atoms with Gasteiger partial charge in [0.05, 0.1) is 6.61 Å². The molecule has 19 heavy (non-hydrogen) atoms. The molecule has 0 aromatic heterocycles. The number of carbonyl (C=O) groups is 2. The molecule has 0 bridgehead atoms. The van der Waals surface area contributed by atoms with Crippen LogP contribution in [-0.2, 0) is 9.59 Å². The largest absolute Gasteiger partial charge is 0.480 e. The number of aliphatic hydroxyl groups is 1. The second-order valence-corrected chi connectivity index (χ2v) is 6.15. The smallest absolute Gasteiger partial charge is 0.326 e. The number of carboxylic acids is 1. The second-order valence-electron chi connectivity index (χ2n) is 6.15. The first kappa shape index (κ1) is 17.9. The van der Waals surface area contributed by atoms with E-state index in [0.717, 1.165) is 0 Å². The Balaban J connectivity index is 5.43. The quantitative estimate of drug-likeness (QED) is 0.651. The molecule has 0 aliphatic heterocycles. The Morgan fingerprint density at radius 3 is 2.00 bits per heavy atom. The molecule has 0 aliphatic carbocycles. The molecule has 0 rings (SSSR count). The predicted octanol–water partition coefficient (Wildman–Crippen LogP) is 0.432. The van der Waals surface area contributed by atoms with E-state index in [-0.39, 0.29) is 5.92 Å². The van der Waals surface area contributed by atoms with E-state index >= 15 is 0 Å². The predicted molar refractivity (Wildman–Crippen MR) is 72.5 cm³/mol. The maximum atomic E-state index is 12.2. The van der Waals surface area contributed by atoms with Gasteiger partial charge >= 0.3 is 5.97 Å². The summed E-state index contributed by atoms with van der Waals surface area (Å²) in [5, 5.41) is 18.4. The van der Waals surface area contributed by atoms with Gasteiger partial charge < -0.3 is 20.8 Å². The standard InChI is InChI=1S/C13H26N2O4/c1-8(2)6-10(12(18)19)15(13(3,4)5)11(17)9(14)7-16/h8-10,16H,6-7,14H2,1-5H3,(H,18,19)/t9-,10-/m0/s1. The highest BCUT2D eigenvalue weighted by Gasteiger charge is 2.39. The van der Waals surface area contributed by atoms with Crippen molar-refractivity contribution in [3.8, 4) is 0 Å². The fourth-order valence-electron chi connectivity index (χ4n) is 1.97. The highest BCUT2D eigenvalue weighted by molar-refractivity contribution is 5.87. The number of carbonyl (C=O) groups excluding carboxylic acids is 1. The summed E-state index contributed by atoms with van der Waals surface area (Å²) in [4.78, 5) is 24.9. The normalized spacial score (nSPS) is 15.2. The summed E-state index contributed by atoms with van der Waals surface area (Å²) < 4.78 is 0. The van der Waals surface area contributed by atoms with Gasteiger partial charge in [0.1, 0.15) is 12.1 Å². The summed E-state index contributed by atoms with van der Waals surface area (Å²) in [6.45, 7) is 8.56. The molecule has 0 saturated heterocycles. The van der Waals surface area contributed by atoms with Gasteiger partial charge in [-0.2, -0.15) is 0 Å². The van der Waals surface area contributed by atoms with Crippen molar-refractivity contribution in [3.05, 3.63) is 0 Å². The summed E-state index contributed by atoms with van der Waals surface area (Å²) in [6, 6.07) is -2.03. The minimum Gasteiger partial charge on any atom is -0.480 e. The van der Waals surface area contributed by atoms with Gasteiger partial charge in [-0.25, -0.2) is 4.79 Å². The van der Waals surface area contributed by atoms with Crippen LogP contribution >= 0.6 is 0 Å². The van der Waals surface area contributed by atoms with Crippen molar-refractivity contribution in [1.29, 1.82) is 0 Å². The topological polar surface area (TPSA) is 104 Å². The summed E-state index contributed by atoms with van der Waals surface area (Å²) in [5.41, 5.74) is 4.87. The maximum Gasteiger partial charge on any atom is 0.326 e. The van der Waals surface area contributed by atoms with Gasteiger partial charge in [0.2, 0.25) is 5.91 Å². The molecule has 0 radical (unpaired) electrons. The summed E-state index contributed by atoms with van der Waals surface area (Å²) >= 11 is 0. The first-order valence-electron chi connectivity index (χ1n) is 6.44. The Kier molecular flexibility index (Phi) is 6.45. The number of amides is 1. The van der Waals surface area contributed by atoms with Crippen LogP contribution in [0.5, 0.6) is 0 Å². The van der Waals surface area contributed by atoms with Gasteiger partial charge in [-0.3, -0.25) is 4.79 Å². The van der Waals surface area contributed by atoms with Crippen LogP contribution in [-0.4, -0.2) is 51.2 Å². The Morgan fingerprint density at radius 2 is 1.74 bits per heavy atom. The minimum atomic E-state index is -1.09. The summed E-state index contributed by atoms with van der Waals surface area (Å²) in [6.07, 6.45) is 0.344. The molecule has 6 nitrogen and oxygen atoms in total. The molecule has 0 aromatic rings. The van der Waals surface area contributed by atoms with Crippen LogP contribution in [0.3, 0.4) is 0 Å². The summed E-state index contributed by atoms with van der Waals surface area (Å²) in [5.74, 6) is -1.46. The number of aliphatic hydroxyl groups excluding tert-OH is 1. The fourth-order valence-corrected chi connectivity index (χ4v) is 1.97. The maximum absolute atomic E-state index is 12.2. The lowest BCUT2D eigenvalue weighted by Gasteiger charge is -2.41. The van der Waals surface area contributed by atoms with E-state index in [9.17, 15) is 14.7 Å². The van der Waals surface area contributed by atoms with Crippen molar-refractivity contribution in [2.75, 3.05) is 6.61 Å². The Bertz CT molecular complexity index is 323. The molecule has 0 spiro atoms. The van der Waals surface area contributed by atoms with Gasteiger partial charge in [0, 0.05) is 5.54 Å². The number of hydrogen-bond donors (Lipinski definition) is 3. The number of hydrogen-bond acceptors (Lipinski definition) is 4. The van der Waals surface area contributed by atoms with Crippen LogP contribution in [0.4, 0.5) is 0 Å². The van der Waals surface area contributed by atoms with E-state index in [2.05, 4.69) is 0 Å². The van der Waals surface area contributed by atoms with Crippen LogP contribution in [0.1, 0.15) is 41.0 Å². The average molecular weight is 274 g/mol. The molecule has 0 unspecified atom stereocenters. The highest BCUT2D eigenvalue weighted by Crippen LogP contribution is 2.23. The third-order valence-electron chi connectivity index (χ3n) is 2.77. The zero-order valence-electron chi connectivity index (χ0n) is 12.4. The van der Waals surface area contributed by atoms with E-state index in [1.54, 1.807) is 20.8 Å². The molecule has 6 heteroatoms. The van der Waals surface area contributed by atoms with Gasteiger partial charge in [-0.15, -0.1) is 0 Å². The van der Waals surface area contributed by atoms with Crippen molar-refractivity contribution in [2.24, 2.45) is 11.7 Å². The van der Waals surface area contributed by atoms with E-state index in [4.69, 9.17) is 10.8 Å². The SMILES string of the molecule is CC(C)C[C@@H](C(=O)O)N(C(=O)[C@@H](N)CO)C(C)(C)C. The molecule has 0 fully saturated rings. The molecule has 0 aromatic carbocycles. The third kappa shape index (κ3) is 5.16. The molecule has 112 valence electrons. The van der Waals surface area contributed by atoms with Crippen LogP contribution in [0.2, 0.25) is 0 Å². The number of nitrogens with zero attached hydrogens (tertiary/aromatic N) is 1. The van der Waals surface area contributed by atoms with Crippen LogP contribution < -0.4 is 5.73 Å². The van der Waals surface area contributed by atoms with Crippen molar-refractivity contribution in [3.63, 3.8) is 0 Å². The molecule has 4 N–H and O–H groups in total. The lowest BCUT2D eigenvalue weighted by Crippen LogP contribution is -2.60. The molecule has 0 aliphatic rings. The highest BCUT2D eigenvalue weighted by atomic mass is 16.4. The van der Waals surface area contributed by atoms with E-state index < -0.39 is 36.1 Å². The van der Waals surface area contributed by atoms with Crippen molar-refractivity contribution >= 4 is 11.9 Å². The van der Waals surface area contributed by atoms with Crippen LogP contribution in [0, 0.1) is 5.92 Å². The fraction of sp³-hybridized carbons (Fsp3) is 0.846. The van der Waals surface area contributed by atoms with Crippen LogP contribution in [0.15, 0.2) is 0 Å². The Labute approximate surface area is 114 Å². The molecule has 0 heterocycles. The zero-order valence-corrected chi connectivity index (χ0v) is 12.4. The monoisotopic (exact) mass is 274 g/mol. The third-order valence-corrected chi connectivity index (χ3v) is 2.77. The Hall–Kier alpha value is -1.14. The van der Waals surface area contributed by atoms with Gasteiger partial charge in [-0.1, -0.05) is 13.8 Å². The van der Waals surface area contributed by atoms with Gasteiger partial charge in [-0.05, 0) is 33.1 Å². The Morgan fingerprint density at radius 1 is 1.26 bits per heavy atom. The van der Waals surface area contributed by atoms with Crippen LogP contribution in [0.25, 0.3) is 0 Å². The van der Waals surface area contributed by atoms with E-state index in [1.165, 1.54) is 4.90 Å². The number of rotatable bonds is 6. The molecule has 2 atom stereocenters. The number of carboxylic acid groups (broad SMARTS) is 1. The van der Waals surface area contributed by atoms with Gasteiger partial charge in [0.15, 0.2) is 0 Å². The van der Waals surface area contributed by atoms with Crippen molar-refractivity contribution < 1.29 is 19.8 Å². The van der Waals surface area contributed by atoms with Crippen molar-refractivity contribution in [1.82, 2.24) is 4.90 Å². The average Bonchev–Trinajstić information content (AvgIpc) is 2.24. The van der Waals surface area contributed by atoms with Gasteiger partial charge in [0.25, 0.3) is 0 Å². The first-order valence-corrected chi connectivity index (χ1v) is 6.44. The van der Waals surface area contributed by atoms with Crippen molar-refractivity contribution in [2.45, 2.75) is 58.7 Å². The molecular weight excluding hydrogens is 248 g/mol. The lowest BCUT2D eigenvalue weighted by molar-refractivity contribution is -0.157. The summed E-state index contributed by atoms with van der Waals surface area (Å²) in [7, 11) is 0.